The van der Waals surface area contributed by atoms with Crippen molar-refractivity contribution in [3.8, 4) is 5.75 Å². The molecule has 1 amide bonds. The molecule has 1 fully saturated rings. The van der Waals surface area contributed by atoms with Crippen LogP contribution in [0.25, 0.3) is 0 Å². The largest absolute Gasteiger partial charge is 0.502 e. The predicted octanol–water partition coefficient (Wildman–Crippen LogP) is 2.13. The van der Waals surface area contributed by atoms with Crippen molar-refractivity contribution in [1.82, 2.24) is 9.47 Å². The van der Waals surface area contributed by atoms with Crippen molar-refractivity contribution in [1.29, 1.82) is 0 Å². The highest BCUT2D eigenvalue weighted by Crippen LogP contribution is 2.36. The van der Waals surface area contributed by atoms with Crippen molar-refractivity contribution in [3.63, 3.8) is 0 Å². The molecule has 1 aromatic carbocycles. The Hall–Kier alpha value is -3.65. The van der Waals surface area contributed by atoms with Gasteiger partial charge in [0.2, 0.25) is 17.1 Å². The first-order valence-electron chi connectivity index (χ1n) is 11.5. The Labute approximate surface area is 196 Å². The van der Waals surface area contributed by atoms with Gasteiger partial charge in [0.05, 0.1) is 12.5 Å². The zero-order valence-corrected chi connectivity index (χ0v) is 18.7. The minimum Gasteiger partial charge on any atom is -0.502 e. The lowest BCUT2D eigenvalue weighted by Crippen LogP contribution is -2.46. The number of aromatic hydroxyl groups is 1. The Morgan fingerprint density at radius 3 is 2.65 bits per heavy atom. The maximum atomic E-state index is 12.6. The van der Waals surface area contributed by atoms with Crippen molar-refractivity contribution in [2.45, 2.75) is 37.8 Å². The van der Waals surface area contributed by atoms with Crippen LogP contribution in [0.2, 0.25) is 0 Å². The van der Waals surface area contributed by atoms with Crippen LogP contribution in [0.1, 0.15) is 47.5 Å². The number of nitrogens with zero attached hydrogens (tertiary/aromatic N) is 2. The van der Waals surface area contributed by atoms with E-state index in [9.17, 15) is 19.5 Å². The molecule has 0 saturated carbocycles. The van der Waals surface area contributed by atoms with Crippen LogP contribution in [0.4, 0.5) is 0 Å². The first-order chi connectivity index (χ1) is 16.4. The monoisotopic (exact) mass is 461 g/mol. The molecule has 0 radical (unpaired) electrons. The normalized spacial score (nSPS) is 20.5. The van der Waals surface area contributed by atoms with Gasteiger partial charge in [-0.15, -0.1) is 0 Å². The van der Waals surface area contributed by atoms with Gasteiger partial charge in [0.15, 0.2) is 5.76 Å². The minimum absolute atomic E-state index is 0.0382. The SMILES string of the molecule is NC(=O)CC(c1ccccc1)c1oc(CN2C[C@H]3C[C@@H](C2)c2cccc(=O)n2C3)cc(=O)c1O. The van der Waals surface area contributed by atoms with E-state index >= 15 is 0 Å². The summed E-state index contributed by atoms with van der Waals surface area (Å²) in [4.78, 5) is 38.9. The van der Waals surface area contributed by atoms with Gasteiger partial charge >= 0.3 is 0 Å². The molecule has 3 aromatic rings. The summed E-state index contributed by atoms with van der Waals surface area (Å²) in [5, 5.41) is 10.5. The smallest absolute Gasteiger partial charge is 0.250 e. The first-order valence-corrected chi connectivity index (χ1v) is 11.5. The maximum absolute atomic E-state index is 12.6. The number of pyridine rings is 1. The van der Waals surface area contributed by atoms with E-state index in [1.165, 1.54) is 6.07 Å². The van der Waals surface area contributed by atoms with E-state index < -0.39 is 23.0 Å². The van der Waals surface area contributed by atoms with Crippen LogP contribution < -0.4 is 16.7 Å². The fraction of sp³-hybridized carbons (Fsp3) is 0.346. The van der Waals surface area contributed by atoms with Crippen LogP contribution in [0, 0.1) is 5.92 Å². The van der Waals surface area contributed by atoms with Gasteiger partial charge in [0.1, 0.15) is 5.76 Å². The number of carbonyl (C=O) groups excluding carboxylic acids is 1. The van der Waals surface area contributed by atoms with Crippen molar-refractivity contribution in [2.75, 3.05) is 13.1 Å². The molecule has 34 heavy (non-hydrogen) atoms. The number of likely N-dealkylation sites (tertiary alicyclic amines) is 1. The topological polar surface area (TPSA) is 119 Å². The molecular weight excluding hydrogens is 434 g/mol. The molecule has 1 saturated heterocycles. The molecule has 8 heteroatoms. The summed E-state index contributed by atoms with van der Waals surface area (Å²) in [5.41, 5.74) is 6.74. The molecule has 0 aliphatic carbocycles. The summed E-state index contributed by atoms with van der Waals surface area (Å²) in [7, 11) is 0. The Balaban J connectivity index is 1.44. The van der Waals surface area contributed by atoms with E-state index in [2.05, 4.69) is 4.90 Å². The Kier molecular flexibility index (Phi) is 5.83. The number of benzene rings is 1. The molecule has 3 atom stereocenters. The molecule has 1 unspecified atom stereocenters. The van der Waals surface area contributed by atoms with Gasteiger partial charge in [-0.2, -0.15) is 0 Å². The number of nitrogens with two attached hydrogens (primary N) is 1. The number of piperidine rings is 1. The number of hydrogen-bond donors (Lipinski definition) is 2. The average Bonchev–Trinajstić information content (AvgIpc) is 2.81. The highest BCUT2D eigenvalue weighted by Gasteiger charge is 2.35. The number of rotatable bonds is 6. The summed E-state index contributed by atoms with van der Waals surface area (Å²) in [5.74, 6) is -0.666. The lowest BCUT2D eigenvalue weighted by atomic mass is 9.83. The Bertz CT molecular complexity index is 1330. The van der Waals surface area contributed by atoms with Gasteiger partial charge in [-0.05, 0) is 24.0 Å². The number of aromatic nitrogens is 1. The van der Waals surface area contributed by atoms with Crippen LogP contribution >= 0.6 is 0 Å². The third-order valence-electron chi connectivity index (χ3n) is 6.86. The summed E-state index contributed by atoms with van der Waals surface area (Å²) in [6.07, 6.45) is 0.933. The molecule has 2 aromatic heterocycles. The van der Waals surface area contributed by atoms with E-state index in [1.807, 2.05) is 41.0 Å². The molecule has 2 bridgehead atoms. The fourth-order valence-corrected chi connectivity index (χ4v) is 5.46. The summed E-state index contributed by atoms with van der Waals surface area (Å²) < 4.78 is 7.94. The first kappa shape index (κ1) is 22.2. The molecule has 5 rings (SSSR count). The molecule has 2 aliphatic rings. The van der Waals surface area contributed by atoms with Crippen molar-refractivity contribution in [2.24, 2.45) is 11.7 Å². The highest BCUT2D eigenvalue weighted by molar-refractivity contribution is 5.75. The molecule has 2 aliphatic heterocycles. The Morgan fingerprint density at radius 1 is 1.09 bits per heavy atom. The van der Waals surface area contributed by atoms with Gasteiger partial charge in [0, 0.05) is 49.8 Å². The van der Waals surface area contributed by atoms with E-state index in [-0.39, 0.29) is 23.7 Å². The third-order valence-corrected chi connectivity index (χ3v) is 6.86. The Morgan fingerprint density at radius 2 is 1.88 bits per heavy atom. The standard InChI is InChI=1S/C26H27N3O5/c27-23(31)11-20(17-5-2-1-3-6-17)26-25(33)22(30)10-19(34-26)15-28-12-16-9-18(14-28)21-7-4-8-24(32)29(21)13-16/h1-8,10,16,18,20,33H,9,11-15H2,(H2,27,31)/t16-,18+,20?/m1/s1. The van der Waals surface area contributed by atoms with Gasteiger partial charge in [-0.3, -0.25) is 19.3 Å². The second-order valence-corrected chi connectivity index (χ2v) is 9.32. The van der Waals surface area contributed by atoms with Crippen LogP contribution in [0.5, 0.6) is 5.75 Å². The zero-order chi connectivity index (χ0) is 23.8. The minimum atomic E-state index is -0.661. The number of hydrogen-bond acceptors (Lipinski definition) is 6. The van der Waals surface area contributed by atoms with Crippen LogP contribution in [-0.2, 0) is 17.9 Å². The zero-order valence-electron chi connectivity index (χ0n) is 18.7. The number of primary amides is 1. The van der Waals surface area contributed by atoms with E-state index in [0.29, 0.717) is 24.8 Å². The van der Waals surface area contributed by atoms with Gasteiger partial charge in [-0.25, -0.2) is 0 Å². The second-order valence-electron chi connectivity index (χ2n) is 9.32. The third kappa shape index (κ3) is 4.28. The van der Waals surface area contributed by atoms with Crippen LogP contribution in [0.3, 0.4) is 0 Å². The molecule has 176 valence electrons. The van der Waals surface area contributed by atoms with Gasteiger partial charge in [-0.1, -0.05) is 36.4 Å². The molecular formula is C26H27N3O5. The number of amides is 1. The maximum Gasteiger partial charge on any atom is 0.250 e. The quantitative estimate of drug-likeness (QED) is 0.581. The molecule has 0 spiro atoms. The van der Waals surface area contributed by atoms with Crippen molar-refractivity contribution in [3.05, 3.63) is 98.0 Å². The fourth-order valence-electron chi connectivity index (χ4n) is 5.46. The molecule has 4 heterocycles. The highest BCUT2D eigenvalue weighted by atomic mass is 16.4. The van der Waals surface area contributed by atoms with Crippen LogP contribution in [-0.4, -0.2) is 33.6 Å². The lowest BCUT2D eigenvalue weighted by Gasteiger charge is -2.42. The summed E-state index contributed by atoms with van der Waals surface area (Å²) in [6, 6.07) is 15.8. The molecule has 8 nitrogen and oxygen atoms in total. The average molecular weight is 462 g/mol. The van der Waals surface area contributed by atoms with Gasteiger partial charge < -0.3 is 19.8 Å². The number of fused-ring (bicyclic) bond motifs is 4. The van der Waals surface area contributed by atoms with E-state index in [1.54, 1.807) is 12.1 Å². The van der Waals surface area contributed by atoms with E-state index in [4.69, 9.17) is 10.2 Å². The lowest BCUT2D eigenvalue weighted by molar-refractivity contribution is -0.118. The number of carbonyl (C=O) groups is 1. The van der Waals surface area contributed by atoms with Crippen molar-refractivity contribution >= 4 is 5.91 Å². The summed E-state index contributed by atoms with van der Waals surface area (Å²) in [6.45, 7) is 2.59. The predicted molar refractivity (Wildman–Crippen MR) is 126 cm³/mol. The van der Waals surface area contributed by atoms with E-state index in [0.717, 1.165) is 30.8 Å². The second kappa shape index (κ2) is 8.95. The van der Waals surface area contributed by atoms with Gasteiger partial charge in [0.25, 0.3) is 5.56 Å². The summed E-state index contributed by atoms with van der Waals surface area (Å²) >= 11 is 0. The molecule has 3 N–H and O–H groups in total. The van der Waals surface area contributed by atoms with Crippen molar-refractivity contribution < 1.29 is 14.3 Å². The van der Waals surface area contributed by atoms with Crippen LogP contribution in [0.15, 0.2) is 68.6 Å².